The summed E-state index contributed by atoms with van der Waals surface area (Å²) in [6, 6.07) is 4.25. The molecule has 1 N–H and O–H groups in total. The van der Waals surface area contributed by atoms with E-state index < -0.39 is 21.9 Å². The average Bonchev–Trinajstić information content (AvgIpc) is 3.23. The number of benzene rings is 1. The molecule has 1 aromatic heterocycles. The molecule has 0 bridgehead atoms. The second-order valence-corrected chi connectivity index (χ2v) is 11.6. The summed E-state index contributed by atoms with van der Waals surface area (Å²) < 4.78 is 33.2. The van der Waals surface area contributed by atoms with E-state index >= 15 is 0 Å². The summed E-state index contributed by atoms with van der Waals surface area (Å²) in [5.41, 5.74) is 1.51. The number of esters is 1. The van der Waals surface area contributed by atoms with Gasteiger partial charge in [0.05, 0.1) is 17.2 Å². The first-order chi connectivity index (χ1) is 15.8. The predicted octanol–water partition coefficient (Wildman–Crippen LogP) is 4.88. The second-order valence-electron chi connectivity index (χ2n) is 8.20. The molecule has 1 aliphatic carbocycles. The third kappa shape index (κ3) is 4.96. The first-order valence-corrected chi connectivity index (χ1v) is 13.9. The number of ether oxygens (including phenoxy) is 1. The number of sulfonamides is 1. The van der Waals surface area contributed by atoms with Crippen molar-refractivity contribution in [2.75, 3.05) is 25.0 Å². The summed E-state index contributed by atoms with van der Waals surface area (Å²) in [7, 11) is -3.82. The summed E-state index contributed by atoms with van der Waals surface area (Å²) >= 11 is 7.64. The Balaban J connectivity index is 1.62. The Labute approximate surface area is 203 Å². The fraction of sp³-hybridized carbons (Fsp3) is 0.478. The smallest absolute Gasteiger partial charge is 0.341 e. The molecule has 2 aliphatic rings. The van der Waals surface area contributed by atoms with Gasteiger partial charge in [0, 0.05) is 23.5 Å². The number of aryl methyl sites for hydroxylation is 1. The summed E-state index contributed by atoms with van der Waals surface area (Å²) in [5.74, 6) is -0.947. The number of rotatable bonds is 6. The van der Waals surface area contributed by atoms with Gasteiger partial charge in [0.15, 0.2) is 0 Å². The summed E-state index contributed by atoms with van der Waals surface area (Å²) in [6.07, 6.45) is 6.20. The Morgan fingerprint density at radius 1 is 1.12 bits per heavy atom. The van der Waals surface area contributed by atoms with Crippen molar-refractivity contribution in [3.8, 4) is 0 Å². The number of thiophene rings is 1. The normalized spacial score (nSPS) is 16.8. The third-order valence-electron chi connectivity index (χ3n) is 6.00. The van der Waals surface area contributed by atoms with Crippen LogP contribution >= 0.6 is 22.9 Å². The lowest BCUT2D eigenvalue weighted by atomic mass is 10.1. The Kier molecular flexibility index (Phi) is 7.43. The van der Waals surface area contributed by atoms with Crippen LogP contribution in [0.15, 0.2) is 23.1 Å². The molecule has 33 heavy (non-hydrogen) atoms. The van der Waals surface area contributed by atoms with E-state index in [4.69, 9.17) is 16.3 Å². The second kappa shape index (κ2) is 10.1. The zero-order chi connectivity index (χ0) is 23.6. The molecule has 2 heterocycles. The van der Waals surface area contributed by atoms with Crippen LogP contribution in [-0.4, -0.2) is 44.3 Å². The molecule has 4 rings (SSSR count). The molecule has 1 fully saturated rings. The van der Waals surface area contributed by atoms with Crippen molar-refractivity contribution in [1.82, 2.24) is 4.31 Å². The highest BCUT2D eigenvalue weighted by atomic mass is 35.5. The highest BCUT2D eigenvalue weighted by molar-refractivity contribution is 7.89. The van der Waals surface area contributed by atoms with Crippen molar-refractivity contribution in [2.24, 2.45) is 0 Å². The molecule has 1 saturated heterocycles. The van der Waals surface area contributed by atoms with Crippen molar-refractivity contribution < 1.29 is 22.7 Å². The maximum absolute atomic E-state index is 13.3. The fourth-order valence-corrected chi connectivity index (χ4v) is 7.64. The van der Waals surface area contributed by atoms with Crippen molar-refractivity contribution >= 4 is 49.8 Å². The maximum Gasteiger partial charge on any atom is 0.341 e. The van der Waals surface area contributed by atoms with E-state index in [-0.39, 0.29) is 22.1 Å². The number of carbonyl (C=O) groups is 2. The predicted molar refractivity (Wildman–Crippen MR) is 129 cm³/mol. The summed E-state index contributed by atoms with van der Waals surface area (Å²) in [5, 5.41) is 3.33. The number of fused-ring (bicyclic) bond motifs is 1. The molecular formula is C23H27ClN2O5S2. The van der Waals surface area contributed by atoms with E-state index in [2.05, 4.69) is 5.32 Å². The number of carbonyl (C=O) groups excluding carboxylic acids is 2. The quantitative estimate of drug-likeness (QED) is 0.559. The zero-order valence-electron chi connectivity index (χ0n) is 18.5. The van der Waals surface area contributed by atoms with Gasteiger partial charge in [-0.25, -0.2) is 13.2 Å². The fourth-order valence-electron chi connectivity index (χ4n) is 4.35. The highest BCUT2D eigenvalue weighted by Crippen LogP contribution is 2.40. The largest absolute Gasteiger partial charge is 0.462 e. The van der Waals surface area contributed by atoms with Gasteiger partial charge >= 0.3 is 5.97 Å². The van der Waals surface area contributed by atoms with Crippen LogP contribution in [0.25, 0.3) is 0 Å². The summed E-state index contributed by atoms with van der Waals surface area (Å²) in [6.45, 7) is 2.87. The standard InChI is InChI=1S/C23H27ClN2O5S2/c1-2-31-23(28)20-16-8-7-9-18(16)32-22(20)25-21(27)15-10-11-17(24)19(14-15)33(29,30)26-12-5-3-4-6-13-26/h10-11,14H,2-9,12-13H2,1H3,(H,25,27). The summed E-state index contributed by atoms with van der Waals surface area (Å²) in [4.78, 5) is 26.7. The number of halogens is 1. The number of hydrogen-bond donors (Lipinski definition) is 1. The Morgan fingerprint density at radius 3 is 2.55 bits per heavy atom. The van der Waals surface area contributed by atoms with Crippen LogP contribution in [0.2, 0.25) is 5.02 Å². The highest BCUT2D eigenvalue weighted by Gasteiger charge is 2.30. The molecule has 0 radical (unpaired) electrons. The Morgan fingerprint density at radius 2 is 1.85 bits per heavy atom. The van der Waals surface area contributed by atoms with E-state index in [1.807, 2.05) is 0 Å². The van der Waals surface area contributed by atoms with Crippen molar-refractivity contribution in [1.29, 1.82) is 0 Å². The molecule has 0 spiro atoms. The van der Waals surface area contributed by atoms with E-state index in [0.29, 0.717) is 23.7 Å². The molecule has 1 aromatic carbocycles. The van der Waals surface area contributed by atoms with Gasteiger partial charge in [-0.2, -0.15) is 4.31 Å². The van der Waals surface area contributed by atoms with Crippen LogP contribution in [0.5, 0.6) is 0 Å². The van der Waals surface area contributed by atoms with Crippen LogP contribution < -0.4 is 5.32 Å². The topological polar surface area (TPSA) is 92.8 Å². The maximum atomic E-state index is 13.3. The van der Waals surface area contributed by atoms with Crippen LogP contribution in [0.4, 0.5) is 5.00 Å². The molecule has 178 valence electrons. The average molecular weight is 511 g/mol. The zero-order valence-corrected chi connectivity index (χ0v) is 20.9. The number of hydrogen-bond acceptors (Lipinski definition) is 6. The van der Waals surface area contributed by atoms with Gasteiger partial charge in [-0.05, 0) is 62.8 Å². The van der Waals surface area contributed by atoms with E-state index in [9.17, 15) is 18.0 Å². The number of amides is 1. The van der Waals surface area contributed by atoms with E-state index in [1.165, 1.54) is 33.8 Å². The van der Waals surface area contributed by atoms with Crippen LogP contribution in [0.1, 0.15) is 70.2 Å². The molecule has 2 aromatic rings. The lowest BCUT2D eigenvalue weighted by Crippen LogP contribution is -2.32. The number of nitrogens with one attached hydrogen (secondary N) is 1. The van der Waals surface area contributed by atoms with Crippen molar-refractivity contribution in [3.63, 3.8) is 0 Å². The first-order valence-electron chi connectivity index (χ1n) is 11.3. The molecule has 1 amide bonds. The van der Waals surface area contributed by atoms with Crippen LogP contribution in [0.3, 0.4) is 0 Å². The first kappa shape index (κ1) is 24.2. The third-order valence-corrected chi connectivity index (χ3v) is 9.59. The van der Waals surface area contributed by atoms with E-state index in [1.54, 1.807) is 6.92 Å². The monoisotopic (exact) mass is 510 g/mol. The molecule has 0 atom stereocenters. The van der Waals surface area contributed by atoms with Gasteiger partial charge in [0.25, 0.3) is 5.91 Å². The minimum Gasteiger partial charge on any atom is -0.462 e. The van der Waals surface area contributed by atoms with Crippen molar-refractivity contribution in [3.05, 3.63) is 44.8 Å². The molecular weight excluding hydrogens is 484 g/mol. The molecule has 0 unspecified atom stereocenters. The van der Waals surface area contributed by atoms with Gasteiger partial charge in [-0.15, -0.1) is 11.3 Å². The van der Waals surface area contributed by atoms with E-state index in [0.717, 1.165) is 55.4 Å². The Hall–Kier alpha value is -1.94. The van der Waals surface area contributed by atoms with Crippen LogP contribution in [-0.2, 0) is 27.6 Å². The number of anilines is 1. The molecule has 0 saturated carbocycles. The van der Waals surface area contributed by atoms with Crippen LogP contribution in [0, 0.1) is 0 Å². The molecule has 1 aliphatic heterocycles. The van der Waals surface area contributed by atoms with Gasteiger partial charge in [0.2, 0.25) is 10.0 Å². The van der Waals surface area contributed by atoms with Crippen molar-refractivity contribution in [2.45, 2.75) is 56.8 Å². The molecule has 10 heteroatoms. The minimum atomic E-state index is -3.82. The number of nitrogens with zero attached hydrogens (tertiary/aromatic N) is 1. The minimum absolute atomic E-state index is 0.0713. The Bertz CT molecular complexity index is 1170. The van der Waals surface area contributed by atoms with Gasteiger partial charge in [-0.3, -0.25) is 4.79 Å². The lowest BCUT2D eigenvalue weighted by Gasteiger charge is -2.21. The SMILES string of the molecule is CCOC(=O)c1c(NC(=O)c2ccc(Cl)c(S(=O)(=O)N3CCCCCC3)c2)sc2c1CCC2. The van der Waals surface area contributed by atoms with Gasteiger partial charge in [-0.1, -0.05) is 24.4 Å². The van der Waals surface area contributed by atoms with Gasteiger partial charge < -0.3 is 10.1 Å². The van der Waals surface area contributed by atoms with Gasteiger partial charge in [0.1, 0.15) is 9.90 Å². The lowest BCUT2D eigenvalue weighted by molar-refractivity contribution is 0.0527. The molecule has 7 nitrogen and oxygen atoms in total.